The average molecular weight is 614 g/mol. The van der Waals surface area contributed by atoms with E-state index in [2.05, 4.69) is 21.7 Å². The number of hydrogen-bond acceptors (Lipinski definition) is 9. The van der Waals surface area contributed by atoms with Crippen LogP contribution in [-0.4, -0.2) is 61.1 Å². The van der Waals surface area contributed by atoms with E-state index in [1.165, 1.54) is 17.7 Å². The van der Waals surface area contributed by atoms with E-state index in [4.69, 9.17) is 9.40 Å². The fourth-order valence-electron chi connectivity index (χ4n) is 5.48. The Labute approximate surface area is 259 Å². The molecule has 4 aromatic rings. The van der Waals surface area contributed by atoms with Gasteiger partial charge in [-0.2, -0.15) is 5.26 Å². The number of imidazole rings is 1. The van der Waals surface area contributed by atoms with Crippen molar-refractivity contribution in [2.24, 2.45) is 5.92 Å². The minimum atomic E-state index is -0.831. The summed E-state index contributed by atoms with van der Waals surface area (Å²) in [5, 5.41) is 26.0. The van der Waals surface area contributed by atoms with Gasteiger partial charge in [-0.15, -0.1) is 11.3 Å². The molecule has 3 N–H and O–H groups in total. The predicted molar refractivity (Wildman–Crippen MR) is 167 cm³/mol. The first kappa shape index (κ1) is 29.7. The lowest BCUT2D eigenvalue weighted by Crippen LogP contribution is -2.39. The summed E-state index contributed by atoms with van der Waals surface area (Å²) in [7, 11) is 0. The number of aromatic nitrogens is 3. The molecule has 4 heterocycles. The summed E-state index contributed by atoms with van der Waals surface area (Å²) >= 11 is 1.30. The van der Waals surface area contributed by atoms with Gasteiger partial charge in [-0.3, -0.25) is 14.9 Å². The molecule has 1 saturated heterocycles. The second-order valence-corrected chi connectivity index (χ2v) is 13.2. The monoisotopic (exact) mass is 613 g/mol. The van der Waals surface area contributed by atoms with Gasteiger partial charge >= 0.3 is 0 Å². The van der Waals surface area contributed by atoms with Crippen LogP contribution in [0.4, 0.5) is 5.95 Å². The third kappa shape index (κ3) is 6.75. The number of allylic oxidation sites excluding steroid dienone is 1. The Hall–Kier alpha value is -4.31. The zero-order valence-corrected chi connectivity index (χ0v) is 25.6. The predicted octanol–water partition coefficient (Wildman–Crippen LogP) is 4.72. The molecule has 2 fully saturated rings. The summed E-state index contributed by atoms with van der Waals surface area (Å²) in [6.07, 6.45) is 8.43. The third-order valence-electron chi connectivity index (χ3n) is 7.84. The zero-order valence-electron chi connectivity index (χ0n) is 24.7. The van der Waals surface area contributed by atoms with Crippen molar-refractivity contribution in [2.75, 3.05) is 18.4 Å². The number of nitrogens with zero attached hydrogens (tertiary/aromatic N) is 5. The van der Waals surface area contributed by atoms with Gasteiger partial charge in [0.25, 0.3) is 11.8 Å². The van der Waals surface area contributed by atoms with Crippen molar-refractivity contribution in [3.63, 3.8) is 0 Å². The molecule has 1 aromatic carbocycles. The third-order valence-corrected chi connectivity index (χ3v) is 8.93. The van der Waals surface area contributed by atoms with Crippen LogP contribution in [0.1, 0.15) is 54.8 Å². The smallest absolute Gasteiger partial charge is 0.268 e. The maximum atomic E-state index is 13.4. The number of aliphatic hydroxyl groups is 1. The highest BCUT2D eigenvalue weighted by Crippen LogP contribution is 2.33. The number of hydrogen-bond donors (Lipinski definition) is 3. The fraction of sp³-hybridized carbons (Fsp3) is 0.406. The van der Waals surface area contributed by atoms with Crippen LogP contribution in [0.15, 0.2) is 59.0 Å². The maximum Gasteiger partial charge on any atom is 0.268 e. The first-order valence-electron chi connectivity index (χ1n) is 14.8. The van der Waals surface area contributed by atoms with Crippen LogP contribution >= 0.6 is 11.3 Å². The van der Waals surface area contributed by atoms with Crippen molar-refractivity contribution in [2.45, 2.75) is 64.3 Å². The maximum absolute atomic E-state index is 13.4. The molecule has 2 amide bonds. The fourth-order valence-corrected chi connectivity index (χ4v) is 6.34. The van der Waals surface area contributed by atoms with E-state index >= 15 is 0 Å². The minimum absolute atomic E-state index is 0.153. The quantitative estimate of drug-likeness (QED) is 0.163. The highest BCUT2D eigenvalue weighted by Gasteiger charge is 2.33. The molecule has 3 aromatic heterocycles. The Morgan fingerprint density at radius 2 is 2.09 bits per heavy atom. The normalized spacial score (nSPS) is 17.3. The van der Waals surface area contributed by atoms with Gasteiger partial charge in [0.1, 0.15) is 11.6 Å². The van der Waals surface area contributed by atoms with Gasteiger partial charge in [-0.1, -0.05) is 12.1 Å². The number of oxazole rings is 1. The number of likely N-dealkylation sites (tertiary alicyclic amines) is 1. The molecule has 2 aliphatic rings. The van der Waals surface area contributed by atoms with Crippen LogP contribution in [0, 0.1) is 17.2 Å². The van der Waals surface area contributed by atoms with Crippen LogP contribution in [-0.2, 0) is 17.9 Å². The average Bonchev–Trinajstić information content (AvgIpc) is 3.44. The number of amides is 2. The van der Waals surface area contributed by atoms with Gasteiger partial charge in [0.2, 0.25) is 5.95 Å². The first-order chi connectivity index (χ1) is 21.2. The molecule has 11 nitrogen and oxygen atoms in total. The summed E-state index contributed by atoms with van der Waals surface area (Å²) in [6.45, 7) is 5.48. The van der Waals surface area contributed by atoms with Gasteiger partial charge in [-0.05, 0) is 75.3 Å². The second kappa shape index (κ2) is 12.4. The zero-order chi connectivity index (χ0) is 30.8. The summed E-state index contributed by atoms with van der Waals surface area (Å²) in [6, 6.07) is 11.5. The molecule has 12 heteroatoms. The number of nitriles is 1. The molecule has 0 bridgehead atoms. The molecular formula is C32H35N7O4S. The molecule has 1 atom stereocenters. The molecule has 228 valence electrons. The number of rotatable bonds is 11. The number of benzene rings is 1. The molecule has 1 aliphatic carbocycles. The van der Waals surface area contributed by atoms with Crippen molar-refractivity contribution < 1.29 is 19.1 Å². The Bertz CT molecular complexity index is 1740. The Kier molecular flexibility index (Phi) is 8.35. The topological polar surface area (TPSA) is 149 Å². The summed E-state index contributed by atoms with van der Waals surface area (Å²) in [5.41, 5.74) is 1.90. The van der Waals surface area contributed by atoms with E-state index < -0.39 is 5.60 Å². The summed E-state index contributed by atoms with van der Waals surface area (Å²) in [5.74, 6) is 0.765. The molecule has 0 spiro atoms. The first-order valence-corrected chi connectivity index (χ1v) is 15.7. The van der Waals surface area contributed by atoms with Gasteiger partial charge < -0.3 is 24.3 Å². The highest BCUT2D eigenvalue weighted by atomic mass is 32.1. The summed E-state index contributed by atoms with van der Waals surface area (Å²) < 4.78 is 7.33. The van der Waals surface area contributed by atoms with Gasteiger partial charge in [0.05, 0.1) is 38.6 Å². The van der Waals surface area contributed by atoms with Crippen molar-refractivity contribution in [1.29, 1.82) is 5.26 Å². The molecule has 6 rings (SSSR count). The van der Waals surface area contributed by atoms with E-state index in [1.807, 2.05) is 34.9 Å². The van der Waals surface area contributed by atoms with Crippen LogP contribution in [0.3, 0.4) is 0 Å². The van der Waals surface area contributed by atoms with Crippen LogP contribution in [0.2, 0.25) is 0 Å². The lowest BCUT2D eigenvalue weighted by atomic mass is 10.1. The second-order valence-electron chi connectivity index (χ2n) is 12.1. The van der Waals surface area contributed by atoms with Crippen molar-refractivity contribution in [3.05, 3.63) is 65.0 Å². The molecular weight excluding hydrogens is 578 g/mol. The molecule has 0 radical (unpaired) electrons. The van der Waals surface area contributed by atoms with E-state index in [0.717, 1.165) is 41.6 Å². The Morgan fingerprint density at radius 1 is 1.25 bits per heavy atom. The molecule has 0 unspecified atom stereocenters. The standard InChI is InChI=1S/C32H35N7O4S/c1-32(2,42)18-34-15-21-7-8-25-24(13-21)36-31(37-29(40)28-10-9-27(44-28)26-16-35-19-43-26)39(25)17-23-4-3-11-38(23)30(41)22(14-33)12-20-5-6-20/h7-10,12-13,16,19-20,23,34,42H,3-6,11,15,17-18H2,1-2H3,(H,36,37,40)/t23-/m1/s1. The number of anilines is 1. The minimum Gasteiger partial charge on any atom is -0.443 e. The van der Waals surface area contributed by atoms with E-state index in [9.17, 15) is 20.0 Å². The number of carbonyl (C=O) groups excluding carboxylic acids is 2. The molecule has 44 heavy (non-hydrogen) atoms. The van der Waals surface area contributed by atoms with Gasteiger partial charge in [0.15, 0.2) is 12.2 Å². The van der Waals surface area contributed by atoms with Gasteiger partial charge in [-0.25, -0.2) is 9.97 Å². The van der Waals surface area contributed by atoms with Crippen molar-refractivity contribution >= 4 is 40.1 Å². The lowest BCUT2D eigenvalue weighted by molar-refractivity contribution is -0.127. The largest absolute Gasteiger partial charge is 0.443 e. The van der Waals surface area contributed by atoms with E-state index in [1.54, 1.807) is 31.0 Å². The summed E-state index contributed by atoms with van der Waals surface area (Å²) in [4.78, 5) is 38.7. The van der Waals surface area contributed by atoms with Crippen molar-refractivity contribution in [3.8, 4) is 16.7 Å². The van der Waals surface area contributed by atoms with Crippen LogP contribution < -0.4 is 10.6 Å². The van der Waals surface area contributed by atoms with Crippen molar-refractivity contribution in [1.82, 2.24) is 24.8 Å². The number of fused-ring (bicyclic) bond motifs is 1. The molecule has 1 saturated carbocycles. The highest BCUT2D eigenvalue weighted by molar-refractivity contribution is 7.17. The SMILES string of the molecule is CC(C)(O)CNCc1ccc2c(c1)nc(NC(=O)c1ccc(-c3cnco3)s1)n2C[C@H]1CCCN1C(=O)C(C#N)=CC1CC1. The van der Waals surface area contributed by atoms with Gasteiger partial charge in [0, 0.05) is 26.2 Å². The van der Waals surface area contributed by atoms with E-state index in [-0.39, 0.29) is 23.4 Å². The molecule has 1 aliphatic heterocycles. The van der Waals surface area contributed by atoms with Crippen LogP contribution in [0.5, 0.6) is 0 Å². The number of nitrogens with one attached hydrogen (secondary N) is 2. The number of thiophene rings is 1. The number of carbonyl (C=O) groups is 2. The van der Waals surface area contributed by atoms with E-state index in [0.29, 0.717) is 54.2 Å². The van der Waals surface area contributed by atoms with Crippen LogP contribution in [0.25, 0.3) is 21.7 Å². The lowest BCUT2D eigenvalue weighted by Gasteiger charge is -2.26. The Balaban J connectivity index is 1.28. The Morgan fingerprint density at radius 3 is 2.82 bits per heavy atom.